The van der Waals surface area contributed by atoms with Gasteiger partial charge in [0, 0.05) is 18.5 Å². The summed E-state index contributed by atoms with van der Waals surface area (Å²) in [6, 6.07) is 1.94. The van der Waals surface area contributed by atoms with Crippen LogP contribution in [0.2, 0.25) is 0 Å². The third-order valence-corrected chi connectivity index (χ3v) is 4.71. The van der Waals surface area contributed by atoms with Crippen LogP contribution in [0.15, 0.2) is 16.8 Å². The Labute approximate surface area is 100 Å². The first kappa shape index (κ1) is 10.3. The zero-order chi connectivity index (χ0) is 11.0. The Morgan fingerprint density at radius 2 is 1.94 bits per heavy atom. The molecule has 0 radical (unpaired) electrons. The number of fused-ring (bicyclic) bond motifs is 1. The summed E-state index contributed by atoms with van der Waals surface area (Å²) in [6.07, 6.45) is 5.39. The molecule has 2 atom stereocenters. The predicted octanol–water partition coefficient (Wildman–Crippen LogP) is 3.01. The fourth-order valence-electron chi connectivity index (χ4n) is 3.14. The van der Waals surface area contributed by atoms with E-state index in [2.05, 4.69) is 4.90 Å². The molecule has 2 heterocycles. The monoisotopic (exact) mass is 235 g/mol. The maximum atomic E-state index is 12.2. The van der Waals surface area contributed by atoms with Crippen LogP contribution in [0.4, 0.5) is 0 Å². The lowest BCUT2D eigenvalue weighted by Crippen LogP contribution is -2.28. The molecule has 86 valence electrons. The Morgan fingerprint density at radius 3 is 2.50 bits per heavy atom. The first-order chi connectivity index (χ1) is 7.84. The summed E-state index contributed by atoms with van der Waals surface area (Å²) in [6.45, 7) is 2.00. The molecule has 0 aromatic carbocycles. The third-order valence-electron chi connectivity index (χ3n) is 4.03. The molecule has 0 spiro atoms. The zero-order valence-corrected chi connectivity index (χ0v) is 10.2. The first-order valence-corrected chi connectivity index (χ1v) is 7.10. The minimum atomic E-state index is 0.246. The van der Waals surface area contributed by atoms with Gasteiger partial charge in [-0.1, -0.05) is 12.8 Å². The van der Waals surface area contributed by atoms with Gasteiger partial charge in [0.25, 0.3) is 5.91 Å². The number of amides is 1. The summed E-state index contributed by atoms with van der Waals surface area (Å²) in [7, 11) is 0. The molecule has 0 bridgehead atoms. The molecule has 3 heteroatoms. The number of hydrogen-bond acceptors (Lipinski definition) is 2. The van der Waals surface area contributed by atoms with Crippen molar-refractivity contribution >= 4 is 17.2 Å². The fourth-order valence-corrected chi connectivity index (χ4v) is 3.77. The summed E-state index contributed by atoms with van der Waals surface area (Å²) < 4.78 is 0. The van der Waals surface area contributed by atoms with Crippen molar-refractivity contribution in [2.75, 3.05) is 13.1 Å². The van der Waals surface area contributed by atoms with Gasteiger partial charge in [0.15, 0.2) is 0 Å². The number of carbonyl (C=O) groups excluding carboxylic acids is 1. The van der Waals surface area contributed by atoms with Crippen LogP contribution in [0.5, 0.6) is 0 Å². The van der Waals surface area contributed by atoms with E-state index in [9.17, 15) is 4.79 Å². The minimum Gasteiger partial charge on any atom is -0.338 e. The standard InChI is InChI=1S/C13H17NOS/c15-13(12-5-6-16-9-12)14-7-10-3-1-2-4-11(10)8-14/h5-6,9-11H,1-4,7-8H2. The lowest BCUT2D eigenvalue weighted by molar-refractivity contribution is 0.0784. The highest BCUT2D eigenvalue weighted by atomic mass is 32.1. The van der Waals surface area contributed by atoms with Crippen molar-refractivity contribution < 1.29 is 4.79 Å². The van der Waals surface area contributed by atoms with Gasteiger partial charge in [-0.05, 0) is 36.1 Å². The van der Waals surface area contributed by atoms with E-state index < -0.39 is 0 Å². The highest BCUT2D eigenvalue weighted by Gasteiger charge is 2.36. The summed E-state index contributed by atoms with van der Waals surface area (Å²) in [5.74, 6) is 1.82. The molecule has 1 amide bonds. The van der Waals surface area contributed by atoms with E-state index >= 15 is 0 Å². The molecule has 1 saturated heterocycles. The lowest BCUT2D eigenvalue weighted by Gasteiger charge is -2.22. The Morgan fingerprint density at radius 1 is 1.25 bits per heavy atom. The van der Waals surface area contributed by atoms with E-state index in [1.54, 1.807) is 11.3 Å². The average molecular weight is 235 g/mol. The molecule has 1 aromatic heterocycles. The lowest BCUT2D eigenvalue weighted by atomic mass is 9.82. The van der Waals surface area contributed by atoms with Crippen molar-refractivity contribution in [2.45, 2.75) is 25.7 Å². The smallest absolute Gasteiger partial charge is 0.254 e. The van der Waals surface area contributed by atoms with Gasteiger partial charge in [-0.2, -0.15) is 11.3 Å². The summed E-state index contributed by atoms with van der Waals surface area (Å²) >= 11 is 1.60. The quantitative estimate of drug-likeness (QED) is 0.732. The van der Waals surface area contributed by atoms with Gasteiger partial charge in [-0.25, -0.2) is 0 Å². The first-order valence-electron chi connectivity index (χ1n) is 6.16. The Hall–Kier alpha value is -0.830. The molecule has 0 N–H and O–H groups in total. The van der Waals surface area contributed by atoms with Crippen molar-refractivity contribution in [2.24, 2.45) is 11.8 Å². The van der Waals surface area contributed by atoms with E-state index in [-0.39, 0.29) is 5.91 Å². The van der Waals surface area contributed by atoms with Gasteiger partial charge < -0.3 is 4.90 Å². The summed E-state index contributed by atoms with van der Waals surface area (Å²) in [5.41, 5.74) is 0.878. The predicted molar refractivity (Wildman–Crippen MR) is 65.7 cm³/mol. The van der Waals surface area contributed by atoms with E-state index in [0.29, 0.717) is 0 Å². The van der Waals surface area contributed by atoms with Crippen LogP contribution in [0.1, 0.15) is 36.0 Å². The maximum Gasteiger partial charge on any atom is 0.254 e. The molecule has 2 unspecified atom stereocenters. The summed E-state index contributed by atoms with van der Waals surface area (Å²) in [4.78, 5) is 14.3. The van der Waals surface area contributed by atoms with Gasteiger partial charge in [0.05, 0.1) is 5.56 Å². The van der Waals surface area contributed by atoms with E-state index in [0.717, 1.165) is 30.5 Å². The molecule has 3 rings (SSSR count). The SMILES string of the molecule is O=C(c1ccsc1)N1CC2CCCCC2C1. The number of rotatable bonds is 1. The second-order valence-electron chi connectivity index (χ2n) is 5.03. The Balaban J connectivity index is 1.71. The van der Waals surface area contributed by atoms with Crippen LogP contribution < -0.4 is 0 Å². The van der Waals surface area contributed by atoms with Gasteiger partial charge in [-0.15, -0.1) is 0 Å². The normalized spacial score (nSPS) is 29.1. The van der Waals surface area contributed by atoms with Gasteiger partial charge >= 0.3 is 0 Å². The molecule has 1 aromatic rings. The molecular weight excluding hydrogens is 218 g/mol. The molecule has 2 nitrogen and oxygen atoms in total. The number of carbonyl (C=O) groups is 1. The van der Waals surface area contributed by atoms with Crippen LogP contribution >= 0.6 is 11.3 Å². The molecule has 2 fully saturated rings. The number of hydrogen-bond donors (Lipinski definition) is 0. The van der Waals surface area contributed by atoms with Crippen molar-refractivity contribution in [1.82, 2.24) is 4.90 Å². The van der Waals surface area contributed by atoms with Crippen LogP contribution in [0.25, 0.3) is 0 Å². The second-order valence-corrected chi connectivity index (χ2v) is 5.81. The van der Waals surface area contributed by atoms with Crippen molar-refractivity contribution in [1.29, 1.82) is 0 Å². The fraction of sp³-hybridized carbons (Fsp3) is 0.615. The topological polar surface area (TPSA) is 20.3 Å². The van der Waals surface area contributed by atoms with Gasteiger partial charge in [0.1, 0.15) is 0 Å². The van der Waals surface area contributed by atoms with Crippen molar-refractivity contribution in [3.05, 3.63) is 22.4 Å². The Kier molecular flexibility index (Phi) is 2.72. The minimum absolute atomic E-state index is 0.246. The highest BCUT2D eigenvalue weighted by molar-refractivity contribution is 7.08. The molecule has 1 aliphatic heterocycles. The van der Waals surface area contributed by atoms with Crippen LogP contribution in [0.3, 0.4) is 0 Å². The third kappa shape index (κ3) is 1.77. The van der Waals surface area contributed by atoms with Gasteiger partial charge in [0.2, 0.25) is 0 Å². The largest absolute Gasteiger partial charge is 0.338 e. The molecule has 1 aliphatic carbocycles. The van der Waals surface area contributed by atoms with Crippen LogP contribution in [0, 0.1) is 11.8 Å². The molecular formula is C13H17NOS. The van der Waals surface area contributed by atoms with E-state index in [4.69, 9.17) is 0 Å². The number of likely N-dealkylation sites (tertiary alicyclic amines) is 1. The zero-order valence-electron chi connectivity index (χ0n) is 9.39. The van der Waals surface area contributed by atoms with Crippen LogP contribution in [-0.4, -0.2) is 23.9 Å². The Bertz CT molecular complexity index is 359. The highest BCUT2D eigenvalue weighted by Crippen LogP contribution is 2.36. The second kappa shape index (κ2) is 4.21. The number of nitrogens with zero attached hydrogens (tertiary/aromatic N) is 1. The maximum absolute atomic E-state index is 12.2. The summed E-state index contributed by atoms with van der Waals surface area (Å²) in [5, 5.41) is 3.95. The van der Waals surface area contributed by atoms with Crippen molar-refractivity contribution in [3.63, 3.8) is 0 Å². The van der Waals surface area contributed by atoms with E-state index in [1.807, 2.05) is 16.8 Å². The number of thiophene rings is 1. The molecule has 1 saturated carbocycles. The van der Waals surface area contributed by atoms with Crippen molar-refractivity contribution in [3.8, 4) is 0 Å². The van der Waals surface area contributed by atoms with E-state index in [1.165, 1.54) is 25.7 Å². The van der Waals surface area contributed by atoms with Gasteiger partial charge in [-0.3, -0.25) is 4.79 Å². The van der Waals surface area contributed by atoms with Crippen LogP contribution in [-0.2, 0) is 0 Å². The molecule has 2 aliphatic rings. The molecule has 16 heavy (non-hydrogen) atoms. The average Bonchev–Trinajstić information content (AvgIpc) is 2.97.